The minimum Gasteiger partial charge on any atom is -0.447 e. The van der Waals surface area contributed by atoms with Crippen LogP contribution in [0.25, 0.3) is 22.3 Å². The van der Waals surface area contributed by atoms with Gasteiger partial charge in [0.25, 0.3) is 0 Å². The van der Waals surface area contributed by atoms with Gasteiger partial charge in [-0.3, -0.25) is 0 Å². The number of carbonyl (C=O) groups is 1. The van der Waals surface area contributed by atoms with E-state index >= 15 is 0 Å². The van der Waals surface area contributed by atoms with E-state index in [1.165, 1.54) is 6.07 Å². The van der Waals surface area contributed by atoms with Gasteiger partial charge in [0.1, 0.15) is 18.2 Å². The molecule has 1 aliphatic rings. The van der Waals surface area contributed by atoms with Gasteiger partial charge in [-0.15, -0.1) is 0 Å². The van der Waals surface area contributed by atoms with Gasteiger partial charge in [-0.25, -0.2) is 19.2 Å². The Kier molecular flexibility index (Phi) is 7.57. The number of rotatable bonds is 7. The van der Waals surface area contributed by atoms with Gasteiger partial charge in [-0.2, -0.15) is 0 Å². The fourth-order valence-electron chi connectivity index (χ4n) is 4.41. The number of fused-ring (bicyclic) bond motifs is 1. The molecule has 1 amide bonds. The fourth-order valence-corrected chi connectivity index (χ4v) is 4.41. The Labute approximate surface area is 200 Å². The lowest BCUT2D eigenvalue weighted by Crippen LogP contribution is -2.41. The highest BCUT2D eigenvalue weighted by Crippen LogP contribution is 2.32. The third-order valence-corrected chi connectivity index (χ3v) is 6.15. The number of piperidine rings is 1. The molecule has 1 fully saturated rings. The number of hydrogen-bond donors (Lipinski definition) is 1. The molecule has 1 N–H and O–H groups in total. The minimum absolute atomic E-state index is 0. The lowest BCUT2D eigenvalue weighted by atomic mass is 9.97. The van der Waals surface area contributed by atoms with Crippen molar-refractivity contribution in [3.63, 3.8) is 0 Å². The molecule has 0 aliphatic carbocycles. The van der Waals surface area contributed by atoms with Crippen LogP contribution >= 0.6 is 0 Å². The second-order valence-corrected chi connectivity index (χ2v) is 8.79. The van der Waals surface area contributed by atoms with Gasteiger partial charge in [0.15, 0.2) is 5.82 Å². The van der Waals surface area contributed by atoms with Crippen molar-refractivity contribution in [1.82, 2.24) is 15.3 Å². The number of ether oxygens (including phenoxy) is 2. The number of aromatic nitrogens is 2. The van der Waals surface area contributed by atoms with Crippen molar-refractivity contribution in [3.05, 3.63) is 53.3 Å². The molecule has 4 rings (SSSR count). The average molecular weight is 469 g/mol. The normalized spacial score (nSPS) is 16.0. The van der Waals surface area contributed by atoms with Gasteiger partial charge >= 0.3 is 6.09 Å². The standard InChI is InChI=1S/C26H31FN4O3.H2/c1-17-9-10-20-22(14-17)29-24(23-18(2)6-4-8-21(23)27)30-25(20)31-11-5-7-19(16-31)15-28-26(32)34-13-12-33-3;/h4,6,8-10,14,19H,5,7,11-13,15-16H2,1-3H3,(H,28,32);1H/t19-;/m0./s1. The summed E-state index contributed by atoms with van der Waals surface area (Å²) in [7, 11) is 1.56. The lowest BCUT2D eigenvalue weighted by molar-refractivity contribution is 0.0976. The number of nitrogens with zero attached hydrogens (tertiary/aromatic N) is 3. The lowest BCUT2D eigenvalue weighted by Gasteiger charge is -2.34. The summed E-state index contributed by atoms with van der Waals surface area (Å²) in [5.41, 5.74) is 3.11. The van der Waals surface area contributed by atoms with Crippen molar-refractivity contribution in [1.29, 1.82) is 0 Å². The highest BCUT2D eigenvalue weighted by molar-refractivity contribution is 5.91. The van der Waals surface area contributed by atoms with Crippen LogP contribution in [0, 0.1) is 25.6 Å². The number of benzene rings is 2. The fraction of sp³-hybridized carbons (Fsp3) is 0.423. The summed E-state index contributed by atoms with van der Waals surface area (Å²) in [5.74, 6) is 1.11. The first-order valence-corrected chi connectivity index (χ1v) is 11.6. The van der Waals surface area contributed by atoms with Gasteiger partial charge in [0, 0.05) is 33.6 Å². The number of halogens is 1. The van der Waals surface area contributed by atoms with E-state index in [4.69, 9.17) is 19.4 Å². The Morgan fingerprint density at radius 2 is 2.09 bits per heavy atom. The maximum atomic E-state index is 14.8. The number of anilines is 1. The summed E-state index contributed by atoms with van der Waals surface area (Å²) < 4.78 is 24.8. The van der Waals surface area contributed by atoms with Crippen molar-refractivity contribution in [2.45, 2.75) is 26.7 Å². The molecule has 0 unspecified atom stereocenters. The van der Waals surface area contributed by atoms with Crippen LogP contribution in [0.5, 0.6) is 0 Å². The van der Waals surface area contributed by atoms with E-state index in [1.807, 2.05) is 38.1 Å². The van der Waals surface area contributed by atoms with E-state index in [9.17, 15) is 9.18 Å². The molecule has 1 aliphatic heterocycles. The monoisotopic (exact) mass is 468 g/mol. The molecule has 182 valence electrons. The quantitative estimate of drug-likeness (QED) is 0.498. The summed E-state index contributed by atoms with van der Waals surface area (Å²) in [6, 6.07) is 11.1. The molecule has 7 nitrogen and oxygen atoms in total. The summed E-state index contributed by atoms with van der Waals surface area (Å²) >= 11 is 0. The average Bonchev–Trinajstić information content (AvgIpc) is 2.82. The van der Waals surface area contributed by atoms with Gasteiger partial charge in [0.2, 0.25) is 0 Å². The largest absolute Gasteiger partial charge is 0.447 e. The summed E-state index contributed by atoms with van der Waals surface area (Å²) in [6.07, 6.45) is 1.53. The van der Waals surface area contributed by atoms with Crippen LogP contribution < -0.4 is 10.2 Å². The van der Waals surface area contributed by atoms with E-state index in [1.54, 1.807) is 13.2 Å². The summed E-state index contributed by atoms with van der Waals surface area (Å²) in [5, 5.41) is 3.80. The van der Waals surface area contributed by atoms with Gasteiger partial charge < -0.3 is 19.7 Å². The second-order valence-electron chi connectivity index (χ2n) is 8.79. The SMILES string of the molecule is COCCOC(=O)NC[C@@H]1CCCN(c2nc(-c3c(C)cccc3F)nc3cc(C)ccc23)C1.[HH]. The van der Waals surface area contributed by atoms with Crippen molar-refractivity contribution in [2.75, 3.05) is 44.9 Å². The first-order chi connectivity index (χ1) is 16.5. The Balaban J connectivity index is 0.00000342. The van der Waals surface area contributed by atoms with Crippen molar-refractivity contribution in [3.8, 4) is 11.4 Å². The van der Waals surface area contributed by atoms with Crippen LogP contribution in [0.4, 0.5) is 15.0 Å². The van der Waals surface area contributed by atoms with E-state index in [-0.39, 0.29) is 19.8 Å². The zero-order valence-corrected chi connectivity index (χ0v) is 19.9. The Bertz CT molecular complexity index is 1160. The third-order valence-electron chi connectivity index (χ3n) is 6.15. The predicted molar refractivity (Wildman–Crippen MR) is 133 cm³/mol. The van der Waals surface area contributed by atoms with E-state index in [0.717, 1.165) is 53.8 Å². The molecular formula is C26H33FN4O3. The molecule has 8 heteroatoms. The number of hydrogen-bond acceptors (Lipinski definition) is 6. The number of amides is 1. The molecule has 0 saturated carbocycles. The zero-order chi connectivity index (χ0) is 24.1. The second kappa shape index (κ2) is 10.8. The van der Waals surface area contributed by atoms with Crippen LogP contribution in [0.2, 0.25) is 0 Å². The van der Waals surface area contributed by atoms with Gasteiger partial charge in [-0.1, -0.05) is 18.2 Å². The molecule has 0 spiro atoms. The van der Waals surface area contributed by atoms with Crippen molar-refractivity contribution < 1.29 is 20.1 Å². The number of carbonyl (C=O) groups excluding carboxylic acids is 1. The molecule has 2 aromatic carbocycles. The van der Waals surface area contributed by atoms with Crippen LogP contribution in [-0.4, -0.2) is 56.0 Å². The molecule has 1 atom stereocenters. The topological polar surface area (TPSA) is 76.6 Å². The van der Waals surface area contributed by atoms with Crippen molar-refractivity contribution in [2.24, 2.45) is 5.92 Å². The van der Waals surface area contributed by atoms with E-state index in [2.05, 4.69) is 10.2 Å². The van der Waals surface area contributed by atoms with Gasteiger partial charge in [-0.05, 0) is 61.9 Å². The maximum Gasteiger partial charge on any atom is 0.407 e. The molecule has 1 aromatic heterocycles. The number of alkyl carbamates (subject to hydrolysis) is 1. The van der Waals surface area contributed by atoms with E-state index < -0.39 is 6.09 Å². The number of aryl methyl sites for hydroxylation is 2. The molecule has 0 radical (unpaired) electrons. The summed E-state index contributed by atoms with van der Waals surface area (Å²) in [6.45, 7) is 6.57. The predicted octanol–water partition coefficient (Wildman–Crippen LogP) is 4.89. The Morgan fingerprint density at radius 3 is 2.88 bits per heavy atom. The van der Waals surface area contributed by atoms with Crippen molar-refractivity contribution >= 4 is 22.8 Å². The third kappa shape index (κ3) is 5.44. The smallest absolute Gasteiger partial charge is 0.407 e. The molecule has 1 saturated heterocycles. The first-order valence-electron chi connectivity index (χ1n) is 11.6. The Hall–Kier alpha value is -3.26. The molecule has 0 bridgehead atoms. The van der Waals surface area contributed by atoms with Crippen LogP contribution in [0.1, 0.15) is 25.4 Å². The van der Waals surface area contributed by atoms with Crippen LogP contribution in [0.15, 0.2) is 36.4 Å². The zero-order valence-electron chi connectivity index (χ0n) is 19.9. The number of methoxy groups -OCH3 is 1. The van der Waals surface area contributed by atoms with Gasteiger partial charge in [0.05, 0.1) is 17.7 Å². The first kappa shape index (κ1) is 23.9. The minimum atomic E-state index is -0.436. The molecular weight excluding hydrogens is 435 g/mol. The van der Waals surface area contributed by atoms with E-state index in [0.29, 0.717) is 24.5 Å². The maximum absolute atomic E-state index is 14.8. The Morgan fingerprint density at radius 1 is 1.24 bits per heavy atom. The molecule has 2 heterocycles. The van der Waals surface area contributed by atoms with Crippen LogP contribution in [0.3, 0.4) is 0 Å². The highest BCUT2D eigenvalue weighted by atomic mass is 19.1. The molecule has 3 aromatic rings. The highest BCUT2D eigenvalue weighted by Gasteiger charge is 2.25. The summed E-state index contributed by atoms with van der Waals surface area (Å²) in [4.78, 5) is 23.8. The van der Waals surface area contributed by atoms with Crippen LogP contribution in [-0.2, 0) is 9.47 Å². The molecule has 34 heavy (non-hydrogen) atoms. The number of nitrogens with one attached hydrogen (secondary N) is 1.